The second-order valence-corrected chi connectivity index (χ2v) is 9.83. The molecule has 1 aromatic carbocycles. The lowest BCUT2D eigenvalue weighted by Gasteiger charge is -2.31. The Hall–Kier alpha value is -3.47. The summed E-state index contributed by atoms with van der Waals surface area (Å²) in [6.07, 6.45) is 2.03. The van der Waals surface area contributed by atoms with Gasteiger partial charge >= 0.3 is 0 Å². The number of morpholine rings is 1. The Labute approximate surface area is 219 Å². The first kappa shape index (κ1) is 25.2. The molecule has 0 saturated carbocycles. The van der Waals surface area contributed by atoms with Crippen molar-refractivity contribution in [1.29, 1.82) is 0 Å². The first-order valence-electron chi connectivity index (χ1n) is 12.3. The predicted octanol–water partition coefficient (Wildman–Crippen LogP) is 3.50. The zero-order valence-corrected chi connectivity index (χ0v) is 21.6. The van der Waals surface area contributed by atoms with Crippen molar-refractivity contribution in [1.82, 2.24) is 14.8 Å². The summed E-state index contributed by atoms with van der Waals surface area (Å²) in [6.45, 7) is 3.85. The van der Waals surface area contributed by atoms with Crippen LogP contribution in [0.5, 0.6) is 5.75 Å². The summed E-state index contributed by atoms with van der Waals surface area (Å²) >= 11 is 1.59. The van der Waals surface area contributed by atoms with Gasteiger partial charge in [-0.3, -0.25) is 14.5 Å². The van der Waals surface area contributed by atoms with Crippen LogP contribution in [0.2, 0.25) is 0 Å². The van der Waals surface area contributed by atoms with Gasteiger partial charge in [-0.1, -0.05) is 24.3 Å². The van der Waals surface area contributed by atoms with Crippen LogP contribution in [0.4, 0.5) is 0 Å². The summed E-state index contributed by atoms with van der Waals surface area (Å²) in [4.78, 5) is 31.9. The monoisotopic (exact) mass is 522 g/mol. The molecule has 1 atom stereocenters. The van der Waals surface area contributed by atoms with E-state index in [1.54, 1.807) is 35.5 Å². The molecule has 1 fully saturated rings. The molecule has 0 unspecified atom stereocenters. The molecule has 1 saturated heterocycles. The summed E-state index contributed by atoms with van der Waals surface area (Å²) in [7, 11) is 1.62. The van der Waals surface area contributed by atoms with Crippen LogP contribution in [-0.2, 0) is 9.53 Å². The number of hydrazone groups is 1. The molecule has 4 heterocycles. The highest BCUT2D eigenvalue weighted by molar-refractivity contribution is 7.12. The van der Waals surface area contributed by atoms with Crippen molar-refractivity contribution in [2.24, 2.45) is 5.10 Å². The fourth-order valence-corrected chi connectivity index (χ4v) is 5.37. The van der Waals surface area contributed by atoms with Gasteiger partial charge in [0, 0.05) is 38.2 Å². The number of carbonyl (C=O) groups excluding carboxylic acids is 2. The number of methoxy groups -OCH3 is 1. The lowest BCUT2D eigenvalue weighted by molar-refractivity contribution is -0.133. The number of ether oxygens (including phenoxy) is 2. The standard InChI is InChI=1S/C27H30N4O5S/c1-34-23-7-3-2-6-20(23)22-18-21(25-9-5-17-37-25)28-31(22)26(32)19-30(27(33)24-8-4-14-36-24)11-10-29-12-15-35-16-13-29/h2-9,14,17,22H,10-13,15-16,18-19H2,1H3/t22-/m1/s1. The molecular formula is C27H30N4O5S. The van der Waals surface area contributed by atoms with Gasteiger partial charge in [0.15, 0.2) is 5.76 Å². The maximum Gasteiger partial charge on any atom is 0.290 e. The van der Waals surface area contributed by atoms with E-state index in [9.17, 15) is 9.59 Å². The SMILES string of the molecule is COc1ccccc1[C@H]1CC(c2cccs2)=NN1C(=O)CN(CCN1CCOCC1)C(=O)c1ccco1. The number of para-hydroxylation sites is 1. The minimum atomic E-state index is -0.333. The van der Waals surface area contributed by atoms with Crippen LogP contribution < -0.4 is 4.74 Å². The van der Waals surface area contributed by atoms with E-state index in [4.69, 9.17) is 19.0 Å². The van der Waals surface area contributed by atoms with E-state index in [0.29, 0.717) is 38.5 Å². The summed E-state index contributed by atoms with van der Waals surface area (Å²) in [5.74, 6) is 0.329. The maximum absolute atomic E-state index is 13.8. The van der Waals surface area contributed by atoms with Crippen LogP contribution in [0.1, 0.15) is 33.5 Å². The van der Waals surface area contributed by atoms with Gasteiger partial charge in [0.1, 0.15) is 12.3 Å². The van der Waals surface area contributed by atoms with Crippen molar-refractivity contribution in [3.63, 3.8) is 0 Å². The summed E-state index contributed by atoms with van der Waals surface area (Å²) in [6, 6.07) is 14.6. The van der Waals surface area contributed by atoms with Gasteiger partial charge in [0.05, 0.1) is 43.2 Å². The van der Waals surface area contributed by atoms with Crippen molar-refractivity contribution in [2.45, 2.75) is 12.5 Å². The van der Waals surface area contributed by atoms with E-state index in [0.717, 1.165) is 29.2 Å². The van der Waals surface area contributed by atoms with Gasteiger partial charge < -0.3 is 18.8 Å². The molecular weight excluding hydrogens is 492 g/mol. The average molecular weight is 523 g/mol. The first-order chi connectivity index (χ1) is 18.1. The third-order valence-electron chi connectivity index (χ3n) is 6.60. The molecule has 37 heavy (non-hydrogen) atoms. The van der Waals surface area contributed by atoms with Crippen LogP contribution in [0.15, 0.2) is 69.7 Å². The maximum atomic E-state index is 13.8. The molecule has 2 aliphatic heterocycles. The minimum absolute atomic E-state index is 0.114. The van der Waals surface area contributed by atoms with Gasteiger partial charge in [-0.25, -0.2) is 5.01 Å². The van der Waals surface area contributed by atoms with Crippen molar-refractivity contribution >= 4 is 28.9 Å². The predicted molar refractivity (Wildman–Crippen MR) is 140 cm³/mol. The Balaban J connectivity index is 1.39. The van der Waals surface area contributed by atoms with Gasteiger partial charge in [-0.2, -0.15) is 5.10 Å². The first-order valence-corrected chi connectivity index (χ1v) is 13.2. The number of hydrogen-bond donors (Lipinski definition) is 0. The normalized spacial score (nSPS) is 18.0. The van der Waals surface area contributed by atoms with Crippen LogP contribution in [-0.4, -0.2) is 85.4 Å². The molecule has 0 spiro atoms. The highest BCUT2D eigenvalue weighted by Gasteiger charge is 2.36. The molecule has 3 aromatic rings. The third-order valence-corrected chi connectivity index (χ3v) is 7.52. The van der Waals surface area contributed by atoms with E-state index in [1.807, 2.05) is 41.8 Å². The topological polar surface area (TPSA) is 87.8 Å². The van der Waals surface area contributed by atoms with E-state index in [1.165, 1.54) is 11.3 Å². The van der Waals surface area contributed by atoms with Gasteiger partial charge in [-0.15, -0.1) is 11.3 Å². The Kier molecular flexibility index (Phi) is 7.98. The largest absolute Gasteiger partial charge is 0.496 e. The Morgan fingerprint density at radius 2 is 1.97 bits per heavy atom. The Bertz CT molecular complexity index is 1220. The van der Waals surface area contributed by atoms with Crippen LogP contribution >= 0.6 is 11.3 Å². The highest BCUT2D eigenvalue weighted by atomic mass is 32.1. The van der Waals surface area contributed by atoms with Crippen LogP contribution in [0.3, 0.4) is 0 Å². The number of benzene rings is 1. The molecule has 0 aliphatic carbocycles. The van der Waals surface area contributed by atoms with Gasteiger partial charge in [-0.05, 0) is 29.6 Å². The molecule has 10 heteroatoms. The van der Waals surface area contributed by atoms with E-state index < -0.39 is 0 Å². The van der Waals surface area contributed by atoms with Crippen molar-refractivity contribution < 1.29 is 23.5 Å². The third kappa shape index (κ3) is 5.76. The highest BCUT2D eigenvalue weighted by Crippen LogP contribution is 2.38. The fraction of sp³-hybridized carbons (Fsp3) is 0.370. The number of thiophene rings is 1. The zero-order valence-electron chi connectivity index (χ0n) is 20.7. The Morgan fingerprint density at radius 3 is 2.70 bits per heavy atom. The lowest BCUT2D eigenvalue weighted by Crippen LogP contribution is -2.46. The summed E-state index contributed by atoms with van der Waals surface area (Å²) in [5.41, 5.74) is 1.72. The van der Waals surface area contributed by atoms with Crippen LogP contribution in [0.25, 0.3) is 0 Å². The summed E-state index contributed by atoms with van der Waals surface area (Å²) < 4.78 is 16.4. The second-order valence-electron chi connectivity index (χ2n) is 8.88. The smallest absolute Gasteiger partial charge is 0.290 e. The van der Waals surface area contributed by atoms with Crippen molar-refractivity contribution in [3.05, 3.63) is 76.4 Å². The Morgan fingerprint density at radius 1 is 1.14 bits per heavy atom. The van der Waals surface area contributed by atoms with Crippen molar-refractivity contribution in [2.75, 3.05) is 53.0 Å². The number of nitrogens with zero attached hydrogens (tertiary/aromatic N) is 4. The number of carbonyl (C=O) groups is 2. The van der Waals surface area contributed by atoms with Crippen molar-refractivity contribution in [3.8, 4) is 5.75 Å². The molecule has 0 bridgehead atoms. The molecule has 0 radical (unpaired) electrons. The van der Waals surface area contributed by atoms with Gasteiger partial charge in [0.2, 0.25) is 0 Å². The number of amides is 2. The number of furan rings is 1. The molecule has 2 aromatic heterocycles. The second kappa shape index (κ2) is 11.7. The van der Waals surface area contributed by atoms with E-state index in [-0.39, 0.29) is 30.2 Å². The zero-order chi connectivity index (χ0) is 25.6. The molecule has 2 amide bonds. The molecule has 194 valence electrons. The minimum Gasteiger partial charge on any atom is -0.496 e. The van der Waals surface area contributed by atoms with E-state index >= 15 is 0 Å². The quantitative estimate of drug-likeness (QED) is 0.428. The lowest BCUT2D eigenvalue weighted by atomic mass is 10.00. The number of hydrogen-bond acceptors (Lipinski definition) is 8. The molecule has 9 nitrogen and oxygen atoms in total. The van der Waals surface area contributed by atoms with E-state index in [2.05, 4.69) is 4.90 Å². The summed E-state index contributed by atoms with van der Waals surface area (Å²) in [5, 5.41) is 8.27. The molecule has 5 rings (SSSR count). The molecule has 0 N–H and O–H groups in total. The van der Waals surface area contributed by atoms with Gasteiger partial charge in [0.25, 0.3) is 11.8 Å². The fourth-order valence-electron chi connectivity index (χ4n) is 4.65. The number of rotatable bonds is 9. The average Bonchev–Trinajstić information content (AvgIpc) is 3.73. The molecule has 2 aliphatic rings. The van der Waals surface area contributed by atoms with Crippen LogP contribution in [0, 0.1) is 0 Å².